The molecule has 0 radical (unpaired) electrons. The lowest BCUT2D eigenvalue weighted by Crippen LogP contribution is -2.15. The van der Waals surface area contributed by atoms with E-state index < -0.39 is 20.0 Å². The zero-order chi connectivity index (χ0) is 21.5. The van der Waals surface area contributed by atoms with Gasteiger partial charge in [-0.15, -0.1) is 11.8 Å². The van der Waals surface area contributed by atoms with Gasteiger partial charge in [-0.1, -0.05) is 38.1 Å². The second kappa shape index (κ2) is 10.2. The van der Waals surface area contributed by atoms with Crippen LogP contribution < -0.4 is 0 Å². The highest BCUT2D eigenvalue weighted by atomic mass is 32.2. The van der Waals surface area contributed by atoms with E-state index in [2.05, 4.69) is 0 Å². The first-order valence-corrected chi connectivity index (χ1v) is 10.8. The third-order valence-electron chi connectivity index (χ3n) is 3.41. The lowest BCUT2D eigenvalue weighted by Gasteiger charge is -2.07. The largest absolute Gasteiger partial charge is 0.287 e. The highest BCUT2D eigenvalue weighted by Gasteiger charge is 2.27. The molecule has 0 aromatic heterocycles. The molecule has 0 aliphatic rings. The molecule has 0 saturated carbocycles. The van der Waals surface area contributed by atoms with Crippen LogP contribution in [0.1, 0.15) is 27.7 Å². The van der Waals surface area contributed by atoms with Crippen LogP contribution in [0.15, 0.2) is 58.3 Å². The van der Waals surface area contributed by atoms with Gasteiger partial charge in [0.05, 0.1) is 20.0 Å². The van der Waals surface area contributed by atoms with Crippen molar-refractivity contribution in [2.75, 3.05) is 0 Å². The van der Waals surface area contributed by atoms with E-state index in [0.717, 1.165) is 4.90 Å². The third-order valence-corrected chi connectivity index (χ3v) is 6.68. The Hall–Kier alpha value is -2.46. The number of rotatable bonds is 6. The van der Waals surface area contributed by atoms with Crippen molar-refractivity contribution in [2.45, 2.75) is 48.0 Å². The van der Waals surface area contributed by atoms with Gasteiger partial charge in [0.25, 0.3) is 11.4 Å². The fraction of sp³-hybridized carbons (Fsp3) is 0.333. The SMILES string of the molecule is CC(C)S(=O)(=O)c1ccccc1[N+](=O)[O-].CC(C)Sc1ccccc1[N+](=O)[O-]. The number of benzene rings is 2. The number of nitrogens with zero attached hydrogens (tertiary/aromatic N) is 2. The van der Waals surface area contributed by atoms with Gasteiger partial charge in [-0.05, 0) is 26.0 Å². The van der Waals surface area contributed by atoms with Gasteiger partial charge in [-0.25, -0.2) is 8.42 Å². The maximum absolute atomic E-state index is 11.8. The van der Waals surface area contributed by atoms with Crippen LogP contribution >= 0.6 is 11.8 Å². The molecule has 0 unspecified atom stereocenters. The number of para-hydroxylation sites is 2. The average molecular weight is 427 g/mol. The van der Waals surface area contributed by atoms with Crippen molar-refractivity contribution in [2.24, 2.45) is 0 Å². The Balaban J connectivity index is 0.000000283. The first kappa shape index (κ1) is 23.6. The minimum Gasteiger partial charge on any atom is -0.258 e. The molecule has 0 fully saturated rings. The molecule has 8 nitrogen and oxygen atoms in total. The van der Waals surface area contributed by atoms with Crippen LogP contribution in [-0.4, -0.2) is 28.8 Å². The van der Waals surface area contributed by atoms with Crippen LogP contribution in [0, 0.1) is 20.2 Å². The molecule has 152 valence electrons. The average Bonchev–Trinajstić information content (AvgIpc) is 2.61. The molecule has 0 aliphatic carbocycles. The third kappa shape index (κ3) is 6.31. The molecule has 2 aromatic carbocycles. The quantitative estimate of drug-likeness (QED) is 0.367. The van der Waals surface area contributed by atoms with Crippen LogP contribution in [0.4, 0.5) is 11.4 Å². The predicted octanol–water partition coefficient (Wildman–Crippen LogP) is 4.87. The van der Waals surface area contributed by atoms with Gasteiger partial charge >= 0.3 is 0 Å². The normalized spacial score (nSPS) is 11.1. The fourth-order valence-electron chi connectivity index (χ4n) is 2.06. The molecule has 0 spiro atoms. The van der Waals surface area contributed by atoms with Crippen molar-refractivity contribution in [3.05, 3.63) is 68.8 Å². The van der Waals surface area contributed by atoms with E-state index in [1.807, 2.05) is 19.9 Å². The number of nitro benzene ring substituents is 2. The molecular formula is C18H22N2O6S2. The number of hydrogen-bond acceptors (Lipinski definition) is 7. The molecule has 28 heavy (non-hydrogen) atoms. The standard InChI is InChI=1S/C9H11NO4S.C9H11NO2S/c1-7(2)15(13,14)9-6-4-3-5-8(9)10(11)12;1-7(2)13-9-6-4-3-5-8(9)10(11)12/h3-7H,1-2H3;3-7H,1-2H3. The maximum Gasteiger partial charge on any atom is 0.287 e. The fourth-order valence-corrected chi connectivity index (χ4v) is 4.20. The number of sulfone groups is 1. The van der Waals surface area contributed by atoms with Crippen LogP contribution in [0.3, 0.4) is 0 Å². The van der Waals surface area contributed by atoms with Gasteiger partial charge in [0.2, 0.25) is 0 Å². The van der Waals surface area contributed by atoms with Crippen LogP contribution in [0.25, 0.3) is 0 Å². The summed E-state index contributed by atoms with van der Waals surface area (Å²) in [4.78, 5) is 20.7. The monoisotopic (exact) mass is 426 g/mol. The molecule has 0 amide bonds. The summed E-state index contributed by atoms with van der Waals surface area (Å²) in [6.07, 6.45) is 0. The van der Waals surface area contributed by atoms with Crippen LogP contribution in [-0.2, 0) is 9.84 Å². The molecule has 0 bridgehead atoms. The van der Waals surface area contributed by atoms with E-state index in [1.54, 1.807) is 12.1 Å². The van der Waals surface area contributed by atoms with Crippen molar-refractivity contribution in [1.29, 1.82) is 0 Å². The molecular weight excluding hydrogens is 404 g/mol. The van der Waals surface area contributed by atoms with E-state index in [4.69, 9.17) is 0 Å². The molecule has 0 saturated heterocycles. The van der Waals surface area contributed by atoms with Gasteiger partial charge in [0, 0.05) is 17.4 Å². The molecule has 2 rings (SSSR count). The summed E-state index contributed by atoms with van der Waals surface area (Å²) in [7, 11) is -3.59. The second-order valence-corrected chi connectivity index (χ2v) is 10.3. The van der Waals surface area contributed by atoms with E-state index in [9.17, 15) is 28.6 Å². The molecule has 0 N–H and O–H groups in total. The molecule has 0 aliphatic heterocycles. The van der Waals surface area contributed by atoms with Crippen molar-refractivity contribution < 1.29 is 18.3 Å². The molecule has 10 heteroatoms. The Bertz CT molecular complexity index is 943. The molecule has 2 aromatic rings. The highest BCUT2D eigenvalue weighted by molar-refractivity contribution is 8.00. The van der Waals surface area contributed by atoms with Gasteiger partial charge in [-0.3, -0.25) is 20.2 Å². The molecule has 0 heterocycles. The van der Waals surface area contributed by atoms with Gasteiger partial charge in [-0.2, -0.15) is 0 Å². The summed E-state index contributed by atoms with van der Waals surface area (Å²) in [5.74, 6) is 0. The minimum atomic E-state index is -3.59. The first-order chi connectivity index (χ1) is 13.0. The van der Waals surface area contributed by atoms with Crippen LogP contribution in [0.2, 0.25) is 0 Å². The Morgan fingerprint density at radius 3 is 1.75 bits per heavy atom. The first-order valence-electron chi connectivity index (χ1n) is 8.35. The van der Waals surface area contributed by atoms with Gasteiger partial charge < -0.3 is 0 Å². The summed E-state index contributed by atoms with van der Waals surface area (Å²) in [5, 5.41) is 20.9. The Labute approximate surface area is 168 Å². The minimum absolute atomic E-state index is 0.196. The Morgan fingerprint density at radius 1 is 0.821 bits per heavy atom. The highest BCUT2D eigenvalue weighted by Crippen LogP contribution is 2.31. The van der Waals surface area contributed by atoms with Gasteiger partial charge in [0.1, 0.15) is 4.90 Å². The van der Waals surface area contributed by atoms with Gasteiger partial charge in [0.15, 0.2) is 9.84 Å². The van der Waals surface area contributed by atoms with Crippen LogP contribution in [0.5, 0.6) is 0 Å². The molecule has 0 atom stereocenters. The number of hydrogen-bond donors (Lipinski definition) is 0. The van der Waals surface area contributed by atoms with Crippen molar-refractivity contribution in [3.63, 3.8) is 0 Å². The van der Waals surface area contributed by atoms with E-state index in [-0.39, 0.29) is 21.2 Å². The summed E-state index contributed by atoms with van der Waals surface area (Å²) in [6, 6.07) is 12.2. The predicted molar refractivity (Wildman–Crippen MR) is 110 cm³/mol. The smallest absolute Gasteiger partial charge is 0.258 e. The van der Waals surface area contributed by atoms with E-state index >= 15 is 0 Å². The summed E-state index contributed by atoms with van der Waals surface area (Å²) in [5.41, 5.74) is -0.174. The zero-order valence-corrected chi connectivity index (χ0v) is 17.6. The topological polar surface area (TPSA) is 120 Å². The summed E-state index contributed by atoms with van der Waals surface area (Å²) in [6.45, 7) is 7.01. The maximum atomic E-state index is 11.8. The van der Waals surface area contributed by atoms with Crippen molar-refractivity contribution in [3.8, 4) is 0 Å². The van der Waals surface area contributed by atoms with E-state index in [0.29, 0.717) is 5.25 Å². The second-order valence-electron chi connectivity index (χ2n) is 6.21. The summed E-state index contributed by atoms with van der Waals surface area (Å²) < 4.78 is 23.5. The Kier molecular flexibility index (Phi) is 8.58. The number of nitro groups is 2. The lowest BCUT2D eigenvalue weighted by atomic mass is 10.3. The lowest BCUT2D eigenvalue weighted by molar-refractivity contribution is -0.388. The Morgan fingerprint density at radius 2 is 1.29 bits per heavy atom. The van der Waals surface area contributed by atoms with Crippen molar-refractivity contribution >= 4 is 33.0 Å². The van der Waals surface area contributed by atoms with E-state index in [1.165, 1.54) is 55.9 Å². The summed E-state index contributed by atoms with van der Waals surface area (Å²) >= 11 is 1.51. The van der Waals surface area contributed by atoms with Crippen molar-refractivity contribution in [1.82, 2.24) is 0 Å². The zero-order valence-electron chi connectivity index (χ0n) is 15.9. The number of thioether (sulfide) groups is 1.